The van der Waals surface area contributed by atoms with Crippen LogP contribution in [-0.4, -0.2) is 66.8 Å². The molecule has 11 nitrogen and oxygen atoms in total. The van der Waals surface area contributed by atoms with Gasteiger partial charge in [-0.2, -0.15) is 0 Å². The van der Waals surface area contributed by atoms with Crippen molar-refractivity contribution >= 4 is 87.7 Å². The Kier molecular flexibility index (Phi) is 9.91. The number of urea groups is 2. The molecule has 0 saturated carbocycles. The summed E-state index contributed by atoms with van der Waals surface area (Å²) >= 11 is 23.4. The molecule has 2 aromatic rings. The van der Waals surface area contributed by atoms with Gasteiger partial charge in [0.25, 0.3) is 11.8 Å². The number of hydrogen-bond donors (Lipinski definition) is 1. The van der Waals surface area contributed by atoms with Gasteiger partial charge in [-0.05, 0) is 57.2 Å². The minimum atomic E-state index is -1.33. The lowest BCUT2D eigenvalue weighted by atomic mass is 10.1. The van der Waals surface area contributed by atoms with Crippen molar-refractivity contribution in [3.63, 3.8) is 0 Å². The van der Waals surface area contributed by atoms with E-state index in [-0.39, 0.29) is 30.6 Å². The Hall–Kier alpha value is -3.09. The number of carbonyl (C=O) groups is 5. The Morgan fingerprint density at radius 2 is 1.40 bits per heavy atom. The summed E-state index contributed by atoms with van der Waals surface area (Å²) in [5.74, 6) is -1.03. The molecule has 0 aromatic heterocycles. The average molecular weight is 634 g/mol. The quantitative estimate of drug-likeness (QED) is 0.415. The fourth-order valence-electron chi connectivity index (χ4n) is 3.77. The fraction of sp³-hybridized carbons (Fsp3) is 0.320. The van der Waals surface area contributed by atoms with Gasteiger partial charge in [0.15, 0.2) is 0 Å². The molecule has 2 aliphatic rings. The van der Waals surface area contributed by atoms with Crippen molar-refractivity contribution in [3.05, 3.63) is 56.5 Å². The summed E-state index contributed by atoms with van der Waals surface area (Å²) in [5, 5.41) is 3.80. The van der Waals surface area contributed by atoms with E-state index in [1.807, 2.05) is 0 Å². The molecular weight excluding hydrogens is 610 g/mol. The normalized spacial score (nSPS) is 18.8. The Morgan fingerprint density at radius 3 is 1.85 bits per heavy atom. The lowest BCUT2D eigenvalue weighted by Gasteiger charge is -2.18. The summed E-state index contributed by atoms with van der Waals surface area (Å²) in [6.07, 6.45) is -0.775. The first-order valence-electron chi connectivity index (χ1n) is 11.6. The van der Waals surface area contributed by atoms with Gasteiger partial charge in [-0.25, -0.2) is 29.1 Å². The number of methoxy groups -OCH3 is 1. The van der Waals surface area contributed by atoms with E-state index in [9.17, 15) is 24.0 Å². The fourth-order valence-corrected chi connectivity index (χ4v) is 4.80. The summed E-state index contributed by atoms with van der Waals surface area (Å²) in [6, 6.07) is 7.31. The molecular formula is C25H24Cl4N4O7. The summed E-state index contributed by atoms with van der Waals surface area (Å²) in [4.78, 5) is 62.9. The van der Waals surface area contributed by atoms with Crippen molar-refractivity contribution in [1.82, 2.24) is 10.2 Å². The van der Waals surface area contributed by atoms with Crippen LogP contribution in [0.5, 0.6) is 0 Å². The van der Waals surface area contributed by atoms with E-state index in [0.29, 0.717) is 20.1 Å². The highest BCUT2D eigenvalue weighted by atomic mass is 35.5. The molecule has 0 aliphatic carbocycles. The number of ether oxygens (including phenoxy) is 2. The largest absolute Gasteiger partial charge is 0.430 e. The van der Waals surface area contributed by atoms with Gasteiger partial charge in [-0.1, -0.05) is 46.4 Å². The molecule has 2 aromatic carbocycles. The molecule has 40 heavy (non-hydrogen) atoms. The van der Waals surface area contributed by atoms with Crippen molar-refractivity contribution in [2.75, 3.05) is 30.1 Å². The molecule has 0 bridgehead atoms. The van der Waals surface area contributed by atoms with Crippen LogP contribution >= 0.6 is 46.4 Å². The van der Waals surface area contributed by atoms with Gasteiger partial charge >= 0.3 is 18.2 Å². The molecule has 1 unspecified atom stereocenters. The number of nitrogens with zero attached hydrogens (tertiary/aromatic N) is 3. The summed E-state index contributed by atoms with van der Waals surface area (Å²) in [6.45, 7) is 4.66. The molecule has 214 valence electrons. The maximum Gasteiger partial charge on any atom is 0.422 e. The summed E-state index contributed by atoms with van der Waals surface area (Å²) in [5.41, 5.74) is -0.824. The molecule has 1 atom stereocenters. The van der Waals surface area contributed by atoms with Crippen LogP contribution in [0, 0.1) is 0 Å². The minimum absolute atomic E-state index is 0.0254. The van der Waals surface area contributed by atoms with Crippen molar-refractivity contribution in [2.45, 2.75) is 32.4 Å². The summed E-state index contributed by atoms with van der Waals surface area (Å²) in [7, 11) is 1.42. The number of amides is 7. The summed E-state index contributed by atoms with van der Waals surface area (Å²) < 4.78 is 9.98. The Bertz CT molecular complexity index is 1330. The SMILES string of the molecule is CC(C)NC(=O)N1CC(=O)N(c2cc(Cl)cc(Cl)c2)C1=O.COCC1(C)OC(=O)N(c2cc(Cl)cc(Cl)c2)C1=O. The lowest BCUT2D eigenvalue weighted by molar-refractivity contribution is -0.132. The highest BCUT2D eigenvalue weighted by Gasteiger charge is 2.51. The Balaban J connectivity index is 0.000000222. The number of nitrogens with one attached hydrogen (secondary N) is 1. The first kappa shape index (κ1) is 31.4. The molecule has 0 radical (unpaired) electrons. The van der Waals surface area contributed by atoms with Crippen LogP contribution in [0.1, 0.15) is 20.8 Å². The number of anilines is 2. The zero-order chi connectivity index (χ0) is 29.9. The van der Waals surface area contributed by atoms with Crippen LogP contribution in [-0.2, 0) is 19.1 Å². The smallest absolute Gasteiger partial charge is 0.422 e. The van der Waals surface area contributed by atoms with Crippen LogP contribution in [0.4, 0.5) is 25.8 Å². The molecule has 15 heteroatoms. The van der Waals surface area contributed by atoms with Gasteiger partial charge < -0.3 is 14.8 Å². The third-order valence-electron chi connectivity index (χ3n) is 5.40. The molecule has 2 heterocycles. The first-order valence-corrected chi connectivity index (χ1v) is 13.1. The number of hydrogen-bond acceptors (Lipinski definition) is 7. The minimum Gasteiger partial charge on any atom is -0.430 e. The van der Waals surface area contributed by atoms with E-state index in [0.717, 1.165) is 14.7 Å². The maximum atomic E-state index is 12.3. The molecule has 2 aliphatic heterocycles. The standard InChI is InChI=1S/C13H13Cl2N3O3.C12H11Cl2NO4/c1-7(2)16-12(20)17-6-11(19)18(13(17)21)10-4-8(14)3-9(15)5-10;1-12(6-18-2)10(16)15(11(17)19-12)9-4-7(13)3-8(14)5-9/h3-5,7H,6H2,1-2H3,(H,16,20);3-5H,6H2,1-2H3. The number of carbonyl (C=O) groups excluding carboxylic acids is 5. The van der Waals surface area contributed by atoms with E-state index >= 15 is 0 Å². The molecule has 2 fully saturated rings. The van der Waals surface area contributed by atoms with Crippen molar-refractivity contribution in [3.8, 4) is 0 Å². The monoisotopic (exact) mass is 632 g/mol. The predicted octanol–water partition coefficient (Wildman–Crippen LogP) is 5.76. The second-order valence-electron chi connectivity index (χ2n) is 9.13. The van der Waals surface area contributed by atoms with Crippen LogP contribution in [0.3, 0.4) is 0 Å². The highest BCUT2D eigenvalue weighted by molar-refractivity contribution is 6.36. The zero-order valence-electron chi connectivity index (χ0n) is 21.7. The molecule has 4 rings (SSSR count). The first-order chi connectivity index (χ1) is 18.7. The lowest BCUT2D eigenvalue weighted by Crippen LogP contribution is -2.45. The molecule has 1 N–H and O–H groups in total. The number of cyclic esters (lactones) is 1. The van der Waals surface area contributed by atoms with E-state index < -0.39 is 35.6 Å². The molecule has 0 spiro atoms. The number of halogens is 4. The number of imide groups is 3. The van der Waals surface area contributed by atoms with Gasteiger partial charge in [0, 0.05) is 33.2 Å². The topological polar surface area (TPSA) is 126 Å². The zero-order valence-corrected chi connectivity index (χ0v) is 24.7. The van der Waals surface area contributed by atoms with Crippen LogP contribution in [0.15, 0.2) is 36.4 Å². The van der Waals surface area contributed by atoms with E-state index in [4.69, 9.17) is 55.9 Å². The number of benzene rings is 2. The van der Waals surface area contributed by atoms with E-state index in [1.165, 1.54) is 50.4 Å². The highest BCUT2D eigenvalue weighted by Crippen LogP contribution is 2.33. The van der Waals surface area contributed by atoms with Crippen LogP contribution < -0.4 is 15.1 Å². The van der Waals surface area contributed by atoms with Crippen molar-refractivity contribution in [1.29, 1.82) is 0 Å². The molecule has 7 amide bonds. The second-order valence-corrected chi connectivity index (χ2v) is 10.9. The van der Waals surface area contributed by atoms with Gasteiger partial charge in [0.2, 0.25) is 5.60 Å². The van der Waals surface area contributed by atoms with Gasteiger partial charge in [-0.3, -0.25) is 9.59 Å². The van der Waals surface area contributed by atoms with Crippen LogP contribution in [0.25, 0.3) is 0 Å². The Labute approximate surface area is 249 Å². The third-order valence-corrected chi connectivity index (χ3v) is 6.28. The van der Waals surface area contributed by atoms with Gasteiger partial charge in [0.05, 0.1) is 18.0 Å². The van der Waals surface area contributed by atoms with Crippen molar-refractivity contribution < 1.29 is 33.4 Å². The van der Waals surface area contributed by atoms with Crippen LogP contribution in [0.2, 0.25) is 20.1 Å². The van der Waals surface area contributed by atoms with Gasteiger partial charge in [0.1, 0.15) is 6.54 Å². The molecule has 2 saturated heterocycles. The van der Waals surface area contributed by atoms with E-state index in [1.54, 1.807) is 13.8 Å². The maximum absolute atomic E-state index is 12.3. The van der Waals surface area contributed by atoms with E-state index in [2.05, 4.69) is 5.32 Å². The Morgan fingerprint density at radius 1 is 0.925 bits per heavy atom. The number of rotatable bonds is 5. The van der Waals surface area contributed by atoms with Gasteiger partial charge in [-0.15, -0.1) is 0 Å². The third kappa shape index (κ3) is 6.97. The van der Waals surface area contributed by atoms with Crippen molar-refractivity contribution in [2.24, 2.45) is 0 Å². The second kappa shape index (κ2) is 12.6. The average Bonchev–Trinajstić information content (AvgIpc) is 3.23. The predicted molar refractivity (Wildman–Crippen MR) is 150 cm³/mol.